The molecular weight excluding hydrogens is 186 g/mol. The molecule has 0 saturated heterocycles. The standard InChI is InChI=1S/C12H23N3/c1-9(2)12(4,5)8-13-6-11-7-14-15-10(11)3/h7,9,13H,6,8H2,1-5H3,(H,14,15). The van der Waals surface area contributed by atoms with E-state index >= 15 is 0 Å². The highest BCUT2D eigenvalue weighted by molar-refractivity contribution is 5.13. The molecule has 0 saturated carbocycles. The summed E-state index contributed by atoms with van der Waals surface area (Å²) >= 11 is 0. The molecule has 0 fully saturated rings. The van der Waals surface area contributed by atoms with Crippen molar-refractivity contribution in [1.82, 2.24) is 15.5 Å². The molecule has 1 heterocycles. The molecule has 0 aliphatic rings. The Kier molecular flexibility index (Phi) is 3.91. The molecule has 0 aliphatic heterocycles. The summed E-state index contributed by atoms with van der Waals surface area (Å²) in [5.41, 5.74) is 2.76. The second kappa shape index (κ2) is 4.79. The van der Waals surface area contributed by atoms with E-state index in [1.807, 2.05) is 6.20 Å². The van der Waals surface area contributed by atoms with Crippen LogP contribution in [0.5, 0.6) is 0 Å². The minimum Gasteiger partial charge on any atom is -0.312 e. The Hall–Kier alpha value is -0.830. The predicted molar refractivity (Wildman–Crippen MR) is 63.7 cm³/mol. The van der Waals surface area contributed by atoms with E-state index in [0.717, 1.165) is 18.8 Å². The maximum atomic E-state index is 4.01. The summed E-state index contributed by atoms with van der Waals surface area (Å²) in [5, 5.41) is 10.4. The van der Waals surface area contributed by atoms with Gasteiger partial charge >= 0.3 is 0 Å². The average molecular weight is 209 g/mol. The normalized spacial score (nSPS) is 12.4. The van der Waals surface area contributed by atoms with Crippen LogP contribution in [-0.4, -0.2) is 16.7 Å². The molecule has 86 valence electrons. The molecule has 0 bridgehead atoms. The van der Waals surface area contributed by atoms with Gasteiger partial charge in [-0.15, -0.1) is 0 Å². The van der Waals surface area contributed by atoms with Gasteiger partial charge in [0.2, 0.25) is 0 Å². The lowest BCUT2D eigenvalue weighted by Gasteiger charge is -2.29. The van der Waals surface area contributed by atoms with E-state index in [1.165, 1.54) is 5.56 Å². The van der Waals surface area contributed by atoms with Gasteiger partial charge in [0.05, 0.1) is 6.20 Å². The van der Waals surface area contributed by atoms with Crippen molar-refractivity contribution in [2.75, 3.05) is 6.54 Å². The Labute approximate surface area is 92.7 Å². The molecule has 0 unspecified atom stereocenters. The van der Waals surface area contributed by atoms with E-state index in [2.05, 4.69) is 50.1 Å². The predicted octanol–water partition coefficient (Wildman–Crippen LogP) is 2.49. The molecule has 0 radical (unpaired) electrons. The number of nitrogens with zero attached hydrogens (tertiary/aromatic N) is 1. The number of H-pyrrole nitrogens is 1. The zero-order chi connectivity index (χ0) is 11.5. The molecule has 3 nitrogen and oxygen atoms in total. The zero-order valence-electron chi connectivity index (χ0n) is 10.5. The summed E-state index contributed by atoms with van der Waals surface area (Å²) in [6, 6.07) is 0. The molecule has 0 spiro atoms. The van der Waals surface area contributed by atoms with Crippen LogP contribution in [-0.2, 0) is 6.54 Å². The Morgan fingerprint density at radius 1 is 1.47 bits per heavy atom. The van der Waals surface area contributed by atoms with Gasteiger partial charge in [0.25, 0.3) is 0 Å². The van der Waals surface area contributed by atoms with E-state index in [1.54, 1.807) is 0 Å². The maximum absolute atomic E-state index is 4.01. The van der Waals surface area contributed by atoms with Crippen LogP contribution in [0.1, 0.15) is 39.0 Å². The van der Waals surface area contributed by atoms with Gasteiger partial charge in [0.1, 0.15) is 0 Å². The lowest BCUT2D eigenvalue weighted by molar-refractivity contribution is 0.238. The monoisotopic (exact) mass is 209 g/mol. The first-order valence-corrected chi connectivity index (χ1v) is 5.63. The maximum Gasteiger partial charge on any atom is 0.0535 e. The van der Waals surface area contributed by atoms with Crippen LogP contribution < -0.4 is 5.32 Å². The summed E-state index contributed by atoms with van der Waals surface area (Å²) in [5.74, 6) is 0.690. The topological polar surface area (TPSA) is 40.7 Å². The zero-order valence-corrected chi connectivity index (χ0v) is 10.5. The summed E-state index contributed by atoms with van der Waals surface area (Å²) in [6.07, 6.45) is 1.89. The van der Waals surface area contributed by atoms with E-state index in [4.69, 9.17) is 0 Å². The number of rotatable bonds is 5. The van der Waals surface area contributed by atoms with E-state index < -0.39 is 0 Å². The third-order valence-corrected chi connectivity index (χ3v) is 3.39. The summed E-state index contributed by atoms with van der Waals surface area (Å²) in [7, 11) is 0. The molecule has 15 heavy (non-hydrogen) atoms. The fraction of sp³-hybridized carbons (Fsp3) is 0.750. The molecule has 0 aromatic carbocycles. The average Bonchev–Trinajstić information content (AvgIpc) is 2.51. The lowest BCUT2D eigenvalue weighted by Crippen LogP contribution is -2.33. The second-order valence-electron chi connectivity index (χ2n) is 5.27. The Bertz CT molecular complexity index is 300. The number of aryl methyl sites for hydroxylation is 1. The van der Waals surface area contributed by atoms with Crippen LogP contribution in [0.25, 0.3) is 0 Å². The van der Waals surface area contributed by atoms with Crippen LogP contribution in [0.4, 0.5) is 0 Å². The van der Waals surface area contributed by atoms with E-state index in [9.17, 15) is 0 Å². The van der Waals surface area contributed by atoms with Crippen molar-refractivity contribution in [2.45, 2.75) is 41.2 Å². The van der Waals surface area contributed by atoms with Crippen molar-refractivity contribution in [2.24, 2.45) is 11.3 Å². The largest absolute Gasteiger partial charge is 0.312 e. The van der Waals surface area contributed by atoms with Crippen molar-refractivity contribution in [3.05, 3.63) is 17.5 Å². The fourth-order valence-corrected chi connectivity index (χ4v) is 1.28. The molecule has 2 N–H and O–H groups in total. The highest BCUT2D eigenvalue weighted by Gasteiger charge is 2.21. The van der Waals surface area contributed by atoms with Gasteiger partial charge in [-0.3, -0.25) is 5.10 Å². The molecular formula is C12H23N3. The molecule has 0 atom stereocenters. The highest BCUT2D eigenvalue weighted by Crippen LogP contribution is 2.24. The first-order valence-electron chi connectivity index (χ1n) is 5.63. The van der Waals surface area contributed by atoms with Crippen LogP contribution in [0.15, 0.2) is 6.20 Å². The van der Waals surface area contributed by atoms with Crippen LogP contribution in [0.3, 0.4) is 0 Å². The van der Waals surface area contributed by atoms with Crippen LogP contribution in [0, 0.1) is 18.3 Å². The second-order valence-corrected chi connectivity index (χ2v) is 5.27. The van der Waals surface area contributed by atoms with Crippen molar-refractivity contribution in [3.63, 3.8) is 0 Å². The number of aromatic nitrogens is 2. The third-order valence-electron chi connectivity index (χ3n) is 3.39. The van der Waals surface area contributed by atoms with Gasteiger partial charge in [-0.1, -0.05) is 27.7 Å². The van der Waals surface area contributed by atoms with Crippen molar-refractivity contribution >= 4 is 0 Å². The highest BCUT2D eigenvalue weighted by atomic mass is 15.1. The number of hydrogen-bond donors (Lipinski definition) is 2. The van der Waals surface area contributed by atoms with Gasteiger partial charge < -0.3 is 5.32 Å². The van der Waals surface area contributed by atoms with Crippen LogP contribution in [0.2, 0.25) is 0 Å². The lowest BCUT2D eigenvalue weighted by atomic mass is 9.81. The van der Waals surface area contributed by atoms with Gasteiger partial charge in [-0.05, 0) is 18.3 Å². The summed E-state index contributed by atoms with van der Waals surface area (Å²) < 4.78 is 0. The first kappa shape index (κ1) is 12.2. The molecule has 1 aromatic rings. The SMILES string of the molecule is Cc1[nH]ncc1CNCC(C)(C)C(C)C. The molecule has 0 amide bonds. The van der Waals surface area contributed by atoms with Gasteiger partial charge in [-0.25, -0.2) is 0 Å². The molecule has 3 heteroatoms. The molecule has 0 aliphatic carbocycles. The molecule has 1 rings (SSSR count). The van der Waals surface area contributed by atoms with Crippen LogP contribution >= 0.6 is 0 Å². The quantitative estimate of drug-likeness (QED) is 0.782. The third kappa shape index (κ3) is 3.34. The van der Waals surface area contributed by atoms with Crippen molar-refractivity contribution in [1.29, 1.82) is 0 Å². The minimum absolute atomic E-state index is 0.345. The number of nitrogens with one attached hydrogen (secondary N) is 2. The van der Waals surface area contributed by atoms with Crippen molar-refractivity contribution in [3.8, 4) is 0 Å². The fourth-order valence-electron chi connectivity index (χ4n) is 1.28. The van der Waals surface area contributed by atoms with E-state index in [-0.39, 0.29) is 0 Å². The number of aromatic amines is 1. The van der Waals surface area contributed by atoms with E-state index in [0.29, 0.717) is 11.3 Å². The van der Waals surface area contributed by atoms with Crippen molar-refractivity contribution < 1.29 is 0 Å². The van der Waals surface area contributed by atoms with Gasteiger partial charge in [-0.2, -0.15) is 5.10 Å². The van der Waals surface area contributed by atoms with Gasteiger partial charge in [0.15, 0.2) is 0 Å². The minimum atomic E-state index is 0.345. The Morgan fingerprint density at radius 3 is 2.60 bits per heavy atom. The van der Waals surface area contributed by atoms with Gasteiger partial charge in [0, 0.05) is 24.3 Å². The number of hydrogen-bond acceptors (Lipinski definition) is 2. The molecule has 1 aromatic heterocycles. The smallest absolute Gasteiger partial charge is 0.0535 e. The Balaban J connectivity index is 2.37. The summed E-state index contributed by atoms with van der Waals surface area (Å²) in [4.78, 5) is 0. The summed E-state index contributed by atoms with van der Waals surface area (Å²) in [6.45, 7) is 13.1. The first-order chi connectivity index (χ1) is 6.93. The Morgan fingerprint density at radius 2 is 2.13 bits per heavy atom.